The topological polar surface area (TPSA) is 57.3 Å². The van der Waals surface area contributed by atoms with Crippen molar-refractivity contribution >= 4 is 28.9 Å². The second-order valence-corrected chi connectivity index (χ2v) is 7.87. The number of thiazole rings is 1. The monoisotopic (exact) mass is 417 g/mol. The molecule has 0 bridgehead atoms. The summed E-state index contributed by atoms with van der Waals surface area (Å²) in [6.07, 6.45) is 1.75. The Morgan fingerprint density at radius 2 is 1.79 bits per heavy atom. The molecule has 3 aromatic rings. The summed E-state index contributed by atoms with van der Waals surface area (Å²) in [5.41, 5.74) is 1.79. The van der Waals surface area contributed by atoms with E-state index in [9.17, 15) is 0 Å². The van der Waals surface area contributed by atoms with E-state index in [-0.39, 0.29) is 6.04 Å². The molecule has 1 aromatic carbocycles. The zero-order valence-corrected chi connectivity index (χ0v) is 18.1. The van der Waals surface area contributed by atoms with E-state index in [0.717, 1.165) is 20.9 Å². The SMILES string of the molecule is COc1ccc(C=Nn2c(-c3cccs3)csc2=NC(C)C)c(OC)c1OC. The molecular weight excluding hydrogens is 394 g/mol. The van der Waals surface area contributed by atoms with Gasteiger partial charge in [0.25, 0.3) is 0 Å². The van der Waals surface area contributed by atoms with Gasteiger partial charge in [0.15, 0.2) is 11.5 Å². The summed E-state index contributed by atoms with van der Waals surface area (Å²) in [4.78, 5) is 6.68. The van der Waals surface area contributed by atoms with Crippen molar-refractivity contribution in [3.05, 3.63) is 45.4 Å². The first-order chi connectivity index (χ1) is 13.6. The molecule has 0 aliphatic rings. The molecule has 0 amide bonds. The number of hydrogen-bond acceptors (Lipinski definition) is 7. The van der Waals surface area contributed by atoms with Crippen LogP contribution < -0.4 is 19.0 Å². The number of aromatic nitrogens is 1. The fourth-order valence-corrected chi connectivity index (χ4v) is 4.42. The first kappa shape index (κ1) is 20.2. The van der Waals surface area contributed by atoms with Crippen molar-refractivity contribution in [1.29, 1.82) is 0 Å². The zero-order valence-electron chi connectivity index (χ0n) is 16.5. The number of ether oxygens (including phenoxy) is 3. The van der Waals surface area contributed by atoms with E-state index in [1.54, 1.807) is 50.2 Å². The number of rotatable bonds is 7. The summed E-state index contributed by atoms with van der Waals surface area (Å²) in [7, 11) is 4.78. The Kier molecular flexibility index (Phi) is 6.53. The van der Waals surface area contributed by atoms with Crippen molar-refractivity contribution in [2.75, 3.05) is 21.3 Å². The molecule has 0 spiro atoms. The van der Waals surface area contributed by atoms with Gasteiger partial charge >= 0.3 is 0 Å². The van der Waals surface area contributed by atoms with Crippen LogP contribution in [-0.4, -0.2) is 38.3 Å². The highest BCUT2D eigenvalue weighted by molar-refractivity contribution is 7.14. The van der Waals surface area contributed by atoms with Crippen molar-refractivity contribution < 1.29 is 14.2 Å². The van der Waals surface area contributed by atoms with Crippen LogP contribution >= 0.6 is 22.7 Å². The number of methoxy groups -OCH3 is 3. The smallest absolute Gasteiger partial charge is 0.206 e. The molecular formula is C20H23N3O3S2. The largest absolute Gasteiger partial charge is 0.493 e. The van der Waals surface area contributed by atoms with Gasteiger partial charge in [-0.1, -0.05) is 6.07 Å². The zero-order chi connectivity index (χ0) is 20.1. The Hall–Kier alpha value is -2.58. The fraction of sp³-hybridized carbons (Fsp3) is 0.300. The minimum atomic E-state index is 0.173. The van der Waals surface area contributed by atoms with E-state index in [1.165, 1.54) is 0 Å². The molecule has 0 radical (unpaired) electrons. The van der Waals surface area contributed by atoms with Gasteiger partial charge in [0.1, 0.15) is 0 Å². The van der Waals surface area contributed by atoms with E-state index in [0.29, 0.717) is 17.2 Å². The first-order valence-corrected chi connectivity index (χ1v) is 10.5. The Bertz CT molecular complexity index is 1020. The maximum Gasteiger partial charge on any atom is 0.206 e. The fourth-order valence-electron chi connectivity index (χ4n) is 2.66. The minimum Gasteiger partial charge on any atom is -0.493 e. The van der Waals surface area contributed by atoms with Crippen molar-refractivity contribution in [1.82, 2.24) is 4.68 Å². The van der Waals surface area contributed by atoms with Crippen molar-refractivity contribution in [3.8, 4) is 27.8 Å². The molecule has 0 unspecified atom stereocenters. The lowest BCUT2D eigenvalue weighted by molar-refractivity contribution is 0.324. The number of thiophene rings is 1. The van der Waals surface area contributed by atoms with Crippen LogP contribution in [0.2, 0.25) is 0 Å². The number of nitrogens with zero attached hydrogens (tertiary/aromatic N) is 3. The maximum atomic E-state index is 5.55. The number of benzene rings is 1. The Labute approximate surface area is 172 Å². The second-order valence-electron chi connectivity index (χ2n) is 6.08. The number of hydrogen-bond donors (Lipinski definition) is 0. The summed E-state index contributed by atoms with van der Waals surface area (Å²) >= 11 is 3.25. The van der Waals surface area contributed by atoms with Gasteiger partial charge in [0.05, 0.1) is 38.1 Å². The van der Waals surface area contributed by atoms with Gasteiger partial charge in [-0.25, -0.2) is 4.68 Å². The average Bonchev–Trinajstić information content (AvgIpc) is 3.34. The minimum absolute atomic E-state index is 0.173. The summed E-state index contributed by atoms with van der Waals surface area (Å²) in [5.74, 6) is 1.71. The summed E-state index contributed by atoms with van der Waals surface area (Å²) < 4.78 is 18.2. The van der Waals surface area contributed by atoms with Crippen LogP contribution in [0.3, 0.4) is 0 Å². The average molecular weight is 418 g/mol. The molecule has 148 valence electrons. The molecule has 0 aliphatic heterocycles. The van der Waals surface area contributed by atoms with Gasteiger partial charge in [-0.3, -0.25) is 4.99 Å². The third kappa shape index (κ3) is 4.13. The molecule has 0 atom stereocenters. The molecule has 0 saturated heterocycles. The van der Waals surface area contributed by atoms with Crippen LogP contribution in [0.5, 0.6) is 17.2 Å². The summed E-state index contributed by atoms with van der Waals surface area (Å²) in [5, 5.41) is 8.86. The molecule has 3 rings (SSSR count). The van der Waals surface area contributed by atoms with Gasteiger partial charge in [0, 0.05) is 17.0 Å². The van der Waals surface area contributed by atoms with E-state index >= 15 is 0 Å². The standard InChI is InChI=1S/C20H23N3O3S2/c1-13(2)22-20-23(15(12-28-20)17-7-6-10-27-17)21-11-14-8-9-16(24-3)19(26-5)18(14)25-4/h6-13H,1-5H3. The predicted octanol–water partition coefficient (Wildman–Crippen LogP) is 4.50. The molecule has 0 saturated carbocycles. The Morgan fingerprint density at radius 1 is 1.00 bits per heavy atom. The van der Waals surface area contributed by atoms with Crippen LogP contribution in [0.1, 0.15) is 19.4 Å². The summed E-state index contributed by atoms with van der Waals surface area (Å²) in [6, 6.07) is 8.00. The highest BCUT2D eigenvalue weighted by Gasteiger charge is 2.15. The van der Waals surface area contributed by atoms with Crippen molar-refractivity contribution in [2.24, 2.45) is 10.1 Å². The van der Waals surface area contributed by atoms with E-state index in [1.807, 2.05) is 22.9 Å². The van der Waals surface area contributed by atoms with Gasteiger partial charge in [-0.2, -0.15) is 5.10 Å². The first-order valence-electron chi connectivity index (χ1n) is 8.70. The summed E-state index contributed by atoms with van der Waals surface area (Å²) in [6.45, 7) is 4.10. The predicted molar refractivity (Wildman–Crippen MR) is 115 cm³/mol. The van der Waals surface area contributed by atoms with Gasteiger partial charge < -0.3 is 14.2 Å². The quantitative estimate of drug-likeness (QED) is 0.532. The highest BCUT2D eigenvalue weighted by atomic mass is 32.1. The lowest BCUT2D eigenvalue weighted by atomic mass is 10.2. The Morgan fingerprint density at radius 3 is 2.39 bits per heavy atom. The highest BCUT2D eigenvalue weighted by Crippen LogP contribution is 2.39. The van der Waals surface area contributed by atoms with Crippen LogP contribution in [0, 0.1) is 0 Å². The third-order valence-corrected chi connectivity index (χ3v) is 5.60. The molecule has 8 heteroatoms. The maximum absolute atomic E-state index is 5.55. The van der Waals surface area contributed by atoms with Crippen molar-refractivity contribution in [2.45, 2.75) is 19.9 Å². The second kappa shape index (κ2) is 9.07. The van der Waals surface area contributed by atoms with E-state index in [2.05, 4.69) is 30.7 Å². The van der Waals surface area contributed by atoms with E-state index in [4.69, 9.17) is 24.3 Å². The van der Waals surface area contributed by atoms with Crippen LogP contribution in [0.15, 0.2) is 45.1 Å². The van der Waals surface area contributed by atoms with Crippen LogP contribution in [0.4, 0.5) is 0 Å². The van der Waals surface area contributed by atoms with Crippen molar-refractivity contribution in [3.63, 3.8) is 0 Å². The normalized spacial score (nSPS) is 12.1. The third-order valence-electron chi connectivity index (χ3n) is 3.87. The Balaban J connectivity index is 2.11. The lowest BCUT2D eigenvalue weighted by Crippen LogP contribution is -2.14. The van der Waals surface area contributed by atoms with E-state index < -0.39 is 0 Å². The molecule has 2 heterocycles. The molecule has 0 N–H and O–H groups in total. The molecule has 2 aromatic heterocycles. The van der Waals surface area contributed by atoms with Crippen LogP contribution in [-0.2, 0) is 0 Å². The lowest BCUT2D eigenvalue weighted by Gasteiger charge is -2.13. The van der Waals surface area contributed by atoms with Gasteiger partial charge in [-0.15, -0.1) is 22.7 Å². The van der Waals surface area contributed by atoms with Crippen LogP contribution in [0.25, 0.3) is 10.6 Å². The molecule has 0 aliphatic carbocycles. The molecule has 0 fully saturated rings. The van der Waals surface area contributed by atoms with Gasteiger partial charge in [-0.05, 0) is 37.4 Å². The molecule has 6 nitrogen and oxygen atoms in total. The molecule has 28 heavy (non-hydrogen) atoms. The van der Waals surface area contributed by atoms with Gasteiger partial charge in [0.2, 0.25) is 10.6 Å².